The summed E-state index contributed by atoms with van der Waals surface area (Å²) in [4.78, 5) is 0. The van der Waals surface area contributed by atoms with E-state index in [9.17, 15) is 26.3 Å². The second kappa shape index (κ2) is 8.06. The van der Waals surface area contributed by atoms with Gasteiger partial charge >= 0.3 is 12.4 Å². The van der Waals surface area contributed by atoms with Gasteiger partial charge in [0.15, 0.2) is 5.76 Å². The molecule has 0 saturated heterocycles. The number of hydrogen-bond acceptors (Lipinski definition) is 3. The summed E-state index contributed by atoms with van der Waals surface area (Å²) in [6, 6.07) is 21.9. The lowest BCUT2D eigenvalue weighted by Gasteiger charge is -2.17. The molecule has 0 aliphatic carbocycles. The third kappa shape index (κ3) is 3.96. The Labute approximate surface area is 205 Å². The van der Waals surface area contributed by atoms with Crippen molar-refractivity contribution in [2.24, 2.45) is 0 Å². The Bertz CT molecular complexity index is 1790. The summed E-state index contributed by atoms with van der Waals surface area (Å²) < 4.78 is 86.9. The normalized spacial score (nSPS) is 12.6. The highest BCUT2D eigenvalue weighted by molar-refractivity contribution is 6.08. The monoisotopic (exact) mass is 508 g/mol. The predicted molar refractivity (Wildman–Crippen MR) is 128 cm³/mol. The molecule has 2 aromatic heterocycles. The molecule has 37 heavy (non-hydrogen) atoms. The maximum absolute atomic E-state index is 13.6. The average Bonchev–Trinajstić information content (AvgIpc) is 3.29. The highest BCUT2D eigenvalue weighted by Crippen LogP contribution is 2.43. The predicted octanol–water partition coefficient (Wildman–Crippen LogP) is 8.90. The van der Waals surface area contributed by atoms with Crippen molar-refractivity contribution in [1.29, 1.82) is 0 Å². The molecule has 0 radical (unpaired) electrons. The van der Waals surface area contributed by atoms with Crippen LogP contribution in [0.2, 0.25) is 0 Å². The SMILES string of the molecule is FC(F)(F)c1ccc(-c2nnc(-c3cc4ccccc4o3)c3cc4ccccc4cc23)cc1C(F)(F)F. The van der Waals surface area contributed by atoms with Gasteiger partial charge in [0.25, 0.3) is 0 Å². The van der Waals surface area contributed by atoms with Gasteiger partial charge in [-0.15, -0.1) is 10.2 Å². The lowest BCUT2D eigenvalue weighted by Crippen LogP contribution is -2.16. The van der Waals surface area contributed by atoms with E-state index in [4.69, 9.17) is 4.42 Å². The molecule has 0 aliphatic heterocycles. The number of nitrogens with zero attached hydrogens (tertiary/aromatic N) is 2. The van der Waals surface area contributed by atoms with E-state index in [1.807, 2.05) is 48.5 Å². The van der Waals surface area contributed by atoms with Gasteiger partial charge in [-0.2, -0.15) is 26.3 Å². The first-order valence-electron chi connectivity index (χ1n) is 11.1. The summed E-state index contributed by atoms with van der Waals surface area (Å²) in [5, 5.41) is 11.9. The third-order valence-corrected chi connectivity index (χ3v) is 6.21. The zero-order valence-electron chi connectivity index (χ0n) is 18.7. The van der Waals surface area contributed by atoms with Crippen LogP contribution in [0, 0.1) is 0 Å². The van der Waals surface area contributed by atoms with Crippen molar-refractivity contribution in [1.82, 2.24) is 10.2 Å². The Hall–Kier alpha value is -4.40. The minimum Gasteiger partial charge on any atom is -0.454 e. The highest BCUT2D eigenvalue weighted by atomic mass is 19.4. The van der Waals surface area contributed by atoms with Crippen molar-refractivity contribution in [3.8, 4) is 22.7 Å². The lowest BCUT2D eigenvalue weighted by atomic mass is 9.96. The molecule has 6 aromatic rings. The molecule has 184 valence electrons. The van der Waals surface area contributed by atoms with Crippen molar-refractivity contribution in [2.45, 2.75) is 12.4 Å². The molecular weight excluding hydrogens is 494 g/mol. The minimum absolute atomic E-state index is 0.0276. The van der Waals surface area contributed by atoms with Crippen molar-refractivity contribution >= 4 is 32.5 Å². The highest BCUT2D eigenvalue weighted by Gasteiger charge is 2.43. The number of alkyl halides is 6. The van der Waals surface area contributed by atoms with E-state index in [1.165, 1.54) is 0 Å². The zero-order valence-corrected chi connectivity index (χ0v) is 18.7. The number of fused-ring (bicyclic) bond motifs is 3. The Morgan fingerprint density at radius 2 is 1.11 bits per heavy atom. The van der Waals surface area contributed by atoms with Gasteiger partial charge in [0.1, 0.15) is 17.0 Å². The molecule has 6 rings (SSSR count). The van der Waals surface area contributed by atoms with Crippen LogP contribution in [-0.4, -0.2) is 10.2 Å². The summed E-state index contributed by atoms with van der Waals surface area (Å²) in [6.07, 6.45) is -10.4. The maximum Gasteiger partial charge on any atom is 0.417 e. The fraction of sp³-hybridized carbons (Fsp3) is 0.0714. The second-order valence-corrected chi connectivity index (χ2v) is 8.55. The van der Waals surface area contributed by atoms with Crippen molar-refractivity contribution in [2.75, 3.05) is 0 Å². The fourth-order valence-corrected chi connectivity index (χ4v) is 4.51. The molecule has 9 heteroatoms. The average molecular weight is 508 g/mol. The Balaban J connectivity index is 1.64. The molecule has 0 fully saturated rings. The van der Waals surface area contributed by atoms with Crippen LogP contribution in [0.4, 0.5) is 26.3 Å². The standard InChI is InChI=1S/C28H14F6N2O/c29-27(30,31)21-10-9-18(13-22(21)28(32,33)34)25-19-11-15-5-1-2-6-16(15)12-20(19)26(36-35-25)24-14-17-7-3-4-8-23(17)37-24/h1-14H. The summed E-state index contributed by atoms with van der Waals surface area (Å²) in [7, 11) is 0. The summed E-state index contributed by atoms with van der Waals surface area (Å²) in [6.45, 7) is 0. The van der Waals surface area contributed by atoms with Gasteiger partial charge in [0.05, 0.1) is 11.1 Å². The van der Waals surface area contributed by atoms with Crippen LogP contribution in [0.25, 0.3) is 55.2 Å². The minimum atomic E-state index is -5.22. The zero-order chi connectivity index (χ0) is 25.9. The number of rotatable bonds is 2. The summed E-state index contributed by atoms with van der Waals surface area (Å²) in [5.74, 6) is 0.406. The number of para-hydroxylation sites is 1. The quantitative estimate of drug-likeness (QED) is 0.173. The van der Waals surface area contributed by atoms with E-state index in [0.717, 1.165) is 22.2 Å². The van der Waals surface area contributed by atoms with Crippen LogP contribution in [0.15, 0.2) is 89.3 Å². The molecular formula is C28H14F6N2O. The Kier molecular flexibility index (Phi) is 5.01. The van der Waals surface area contributed by atoms with Crippen LogP contribution >= 0.6 is 0 Å². The first-order valence-corrected chi connectivity index (χ1v) is 11.1. The van der Waals surface area contributed by atoms with E-state index in [-0.39, 0.29) is 11.3 Å². The van der Waals surface area contributed by atoms with Gasteiger partial charge < -0.3 is 4.42 Å². The largest absolute Gasteiger partial charge is 0.454 e. The number of halogens is 6. The van der Waals surface area contributed by atoms with E-state index in [2.05, 4.69) is 10.2 Å². The second-order valence-electron chi connectivity index (χ2n) is 8.55. The van der Waals surface area contributed by atoms with Gasteiger partial charge in [-0.25, -0.2) is 0 Å². The van der Waals surface area contributed by atoms with E-state index in [0.29, 0.717) is 39.9 Å². The van der Waals surface area contributed by atoms with Gasteiger partial charge in [-0.05, 0) is 47.2 Å². The molecule has 2 heterocycles. The van der Waals surface area contributed by atoms with E-state index < -0.39 is 23.5 Å². The number of benzene rings is 4. The van der Waals surface area contributed by atoms with Crippen LogP contribution in [-0.2, 0) is 12.4 Å². The fourth-order valence-electron chi connectivity index (χ4n) is 4.51. The van der Waals surface area contributed by atoms with Gasteiger partial charge in [-0.3, -0.25) is 0 Å². The van der Waals surface area contributed by atoms with E-state index in [1.54, 1.807) is 18.2 Å². The van der Waals surface area contributed by atoms with Crippen molar-refractivity contribution in [3.05, 3.63) is 96.1 Å². The van der Waals surface area contributed by atoms with Crippen LogP contribution < -0.4 is 0 Å². The van der Waals surface area contributed by atoms with Crippen molar-refractivity contribution in [3.63, 3.8) is 0 Å². The number of hydrogen-bond donors (Lipinski definition) is 0. The van der Waals surface area contributed by atoms with Crippen LogP contribution in [0.1, 0.15) is 11.1 Å². The van der Waals surface area contributed by atoms with Gasteiger partial charge in [-0.1, -0.05) is 48.5 Å². The van der Waals surface area contributed by atoms with Crippen molar-refractivity contribution < 1.29 is 30.8 Å². The molecule has 0 unspecified atom stereocenters. The molecule has 0 bridgehead atoms. The van der Waals surface area contributed by atoms with Gasteiger partial charge in [0.2, 0.25) is 0 Å². The Morgan fingerprint density at radius 3 is 1.73 bits per heavy atom. The van der Waals surface area contributed by atoms with Gasteiger partial charge in [0, 0.05) is 21.7 Å². The van der Waals surface area contributed by atoms with E-state index >= 15 is 0 Å². The first kappa shape index (κ1) is 23.0. The van der Waals surface area contributed by atoms with Crippen LogP contribution in [0.5, 0.6) is 0 Å². The number of aromatic nitrogens is 2. The molecule has 4 aromatic carbocycles. The van der Waals surface area contributed by atoms with Crippen LogP contribution in [0.3, 0.4) is 0 Å². The summed E-state index contributed by atoms with van der Waals surface area (Å²) >= 11 is 0. The molecule has 3 nitrogen and oxygen atoms in total. The topological polar surface area (TPSA) is 38.9 Å². The third-order valence-electron chi connectivity index (χ3n) is 6.21. The lowest BCUT2D eigenvalue weighted by molar-refractivity contribution is -0.162. The maximum atomic E-state index is 13.6. The Morgan fingerprint density at radius 1 is 0.541 bits per heavy atom. The molecule has 0 amide bonds. The number of furan rings is 1. The first-order chi connectivity index (χ1) is 17.6. The molecule has 0 saturated carbocycles. The molecule has 0 spiro atoms. The summed E-state index contributed by atoms with van der Waals surface area (Å²) in [5.41, 5.74) is -2.66. The molecule has 0 N–H and O–H groups in total. The molecule has 0 aliphatic rings. The smallest absolute Gasteiger partial charge is 0.417 e. The molecule has 0 atom stereocenters.